The van der Waals surface area contributed by atoms with Gasteiger partial charge in [-0.05, 0) is 24.3 Å². The summed E-state index contributed by atoms with van der Waals surface area (Å²) in [7, 11) is 0. The Bertz CT molecular complexity index is 302. The van der Waals surface area contributed by atoms with Gasteiger partial charge in [0, 0.05) is 16.3 Å². The zero-order chi connectivity index (χ0) is 11.4. The van der Waals surface area contributed by atoms with E-state index in [0.717, 1.165) is 19.4 Å². The molecule has 0 aromatic carbocycles. The highest BCUT2D eigenvalue weighted by Crippen LogP contribution is 2.34. The molecule has 1 heterocycles. The second-order valence-electron chi connectivity index (χ2n) is 4.02. The second-order valence-corrected chi connectivity index (χ2v) is 6.22. The topological polar surface area (TPSA) is 18.5 Å². The molecule has 0 radical (unpaired) electrons. The molecule has 1 aliphatic rings. The molecule has 1 aromatic rings. The molecule has 1 saturated carbocycles. The van der Waals surface area contributed by atoms with E-state index in [1.165, 1.54) is 4.88 Å². The van der Waals surface area contributed by atoms with Crippen LogP contribution in [0.4, 0.5) is 0 Å². The van der Waals surface area contributed by atoms with Crippen molar-refractivity contribution in [3.05, 3.63) is 22.4 Å². The highest BCUT2D eigenvalue weighted by atomic mass is 79.9. The number of alkyl halides is 1. The van der Waals surface area contributed by atoms with Gasteiger partial charge in [-0.3, -0.25) is 0 Å². The van der Waals surface area contributed by atoms with E-state index >= 15 is 0 Å². The molecule has 16 heavy (non-hydrogen) atoms. The second kappa shape index (κ2) is 6.15. The minimum absolute atomic E-state index is 0.236. The molecule has 90 valence electrons. The molecule has 0 spiro atoms. The summed E-state index contributed by atoms with van der Waals surface area (Å²) in [5.41, 5.74) is 0. The highest BCUT2D eigenvalue weighted by Gasteiger charge is 2.41. The first-order valence-electron chi connectivity index (χ1n) is 5.71. The Morgan fingerprint density at radius 2 is 2.38 bits per heavy atom. The number of hydrogen-bond donors (Lipinski definition) is 0. The van der Waals surface area contributed by atoms with Gasteiger partial charge in [0.2, 0.25) is 0 Å². The summed E-state index contributed by atoms with van der Waals surface area (Å²) in [6.07, 6.45) is 2.62. The fourth-order valence-electron chi connectivity index (χ4n) is 1.74. The number of halogens is 1. The van der Waals surface area contributed by atoms with Crippen molar-refractivity contribution in [1.82, 2.24) is 0 Å². The van der Waals surface area contributed by atoms with E-state index in [-0.39, 0.29) is 12.2 Å². The lowest BCUT2D eigenvalue weighted by Gasteiger charge is -2.40. The van der Waals surface area contributed by atoms with Gasteiger partial charge in [-0.1, -0.05) is 28.9 Å². The average molecular weight is 305 g/mol. The number of hydrogen-bond acceptors (Lipinski definition) is 3. The lowest BCUT2D eigenvalue weighted by Crippen LogP contribution is -2.50. The average Bonchev–Trinajstić information content (AvgIpc) is 2.77. The molecular weight excluding hydrogens is 288 g/mol. The Balaban J connectivity index is 1.73. The Morgan fingerprint density at radius 1 is 1.50 bits per heavy atom. The van der Waals surface area contributed by atoms with Crippen molar-refractivity contribution >= 4 is 27.3 Å². The van der Waals surface area contributed by atoms with E-state index in [9.17, 15) is 0 Å². The van der Waals surface area contributed by atoms with Crippen molar-refractivity contribution in [3.63, 3.8) is 0 Å². The zero-order valence-electron chi connectivity index (χ0n) is 9.40. The van der Waals surface area contributed by atoms with E-state index in [0.29, 0.717) is 11.4 Å². The van der Waals surface area contributed by atoms with Gasteiger partial charge in [0.1, 0.15) is 0 Å². The van der Waals surface area contributed by atoms with Crippen LogP contribution in [0.2, 0.25) is 0 Å². The Hall–Kier alpha value is 0.100. The van der Waals surface area contributed by atoms with Gasteiger partial charge in [-0.25, -0.2) is 0 Å². The van der Waals surface area contributed by atoms with E-state index in [2.05, 4.69) is 40.4 Å². The van der Waals surface area contributed by atoms with Crippen LogP contribution in [0.5, 0.6) is 0 Å². The van der Waals surface area contributed by atoms with Crippen LogP contribution in [0, 0.1) is 0 Å². The van der Waals surface area contributed by atoms with Crippen molar-refractivity contribution in [3.8, 4) is 0 Å². The highest BCUT2D eigenvalue weighted by molar-refractivity contribution is 9.09. The third kappa shape index (κ3) is 3.06. The summed E-state index contributed by atoms with van der Waals surface area (Å²) in [6.45, 7) is 3.67. The van der Waals surface area contributed by atoms with Gasteiger partial charge >= 0.3 is 0 Å². The maximum absolute atomic E-state index is 5.86. The summed E-state index contributed by atoms with van der Waals surface area (Å²) < 4.78 is 11.6. The quantitative estimate of drug-likeness (QED) is 0.748. The molecule has 1 fully saturated rings. The van der Waals surface area contributed by atoms with Crippen LogP contribution < -0.4 is 0 Å². The summed E-state index contributed by atoms with van der Waals surface area (Å²) in [6, 6.07) is 4.17. The molecule has 0 amide bonds. The smallest absolute Gasteiger partial charge is 0.0962 e. The predicted molar refractivity (Wildman–Crippen MR) is 70.3 cm³/mol. The van der Waals surface area contributed by atoms with Crippen molar-refractivity contribution in [1.29, 1.82) is 0 Å². The van der Waals surface area contributed by atoms with Crippen molar-refractivity contribution in [2.45, 2.75) is 43.4 Å². The Morgan fingerprint density at radius 3 is 3.00 bits per heavy atom. The van der Waals surface area contributed by atoms with Crippen LogP contribution in [0.3, 0.4) is 0 Å². The lowest BCUT2D eigenvalue weighted by molar-refractivity contribution is -0.126. The Labute approximate surface area is 109 Å². The first kappa shape index (κ1) is 12.6. The van der Waals surface area contributed by atoms with Crippen LogP contribution in [-0.4, -0.2) is 23.6 Å². The molecule has 2 nitrogen and oxygen atoms in total. The van der Waals surface area contributed by atoms with Crippen LogP contribution in [0.1, 0.15) is 24.6 Å². The molecule has 1 aliphatic carbocycles. The fraction of sp³-hybridized carbons (Fsp3) is 0.667. The summed E-state index contributed by atoms with van der Waals surface area (Å²) in [5.74, 6) is 0. The molecule has 1 aromatic heterocycles. The molecule has 0 saturated heterocycles. The van der Waals surface area contributed by atoms with Crippen LogP contribution in [-0.2, 0) is 16.1 Å². The Kier molecular flexibility index (Phi) is 4.82. The van der Waals surface area contributed by atoms with Gasteiger partial charge in [-0.2, -0.15) is 0 Å². The van der Waals surface area contributed by atoms with Crippen LogP contribution >= 0.6 is 27.3 Å². The van der Waals surface area contributed by atoms with Crippen LogP contribution in [0.15, 0.2) is 17.5 Å². The molecule has 3 atom stereocenters. The number of thiophene rings is 1. The summed E-state index contributed by atoms with van der Waals surface area (Å²) in [5, 5.41) is 2.08. The third-order valence-electron chi connectivity index (χ3n) is 2.71. The fourth-order valence-corrected chi connectivity index (χ4v) is 3.23. The molecule has 4 heteroatoms. The first-order chi connectivity index (χ1) is 7.81. The maximum atomic E-state index is 5.86. The van der Waals surface area contributed by atoms with Gasteiger partial charge in [0.05, 0.1) is 18.8 Å². The molecule has 0 bridgehead atoms. The SMILES string of the molecule is CCCOC1C(Br)CC1OCc1cccs1. The van der Waals surface area contributed by atoms with E-state index in [4.69, 9.17) is 9.47 Å². The van der Waals surface area contributed by atoms with Gasteiger partial charge in [-0.15, -0.1) is 11.3 Å². The van der Waals surface area contributed by atoms with E-state index in [1.807, 2.05) is 0 Å². The molecule has 0 aliphatic heterocycles. The number of rotatable bonds is 6. The first-order valence-corrected chi connectivity index (χ1v) is 7.50. The van der Waals surface area contributed by atoms with Gasteiger partial charge < -0.3 is 9.47 Å². The minimum Gasteiger partial charge on any atom is -0.374 e. The molecular formula is C12H17BrO2S. The van der Waals surface area contributed by atoms with Crippen molar-refractivity contribution in [2.24, 2.45) is 0 Å². The van der Waals surface area contributed by atoms with E-state index in [1.54, 1.807) is 11.3 Å². The molecule has 0 N–H and O–H groups in total. The van der Waals surface area contributed by atoms with Gasteiger partial charge in [0.15, 0.2) is 0 Å². The summed E-state index contributed by atoms with van der Waals surface area (Å²) in [4.78, 5) is 1.75. The van der Waals surface area contributed by atoms with Crippen LogP contribution in [0.25, 0.3) is 0 Å². The lowest BCUT2D eigenvalue weighted by atomic mass is 9.91. The normalized spacial score (nSPS) is 29.0. The zero-order valence-corrected chi connectivity index (χ0v) is 11.8. The van der Waals surface area contributed by atoms with Gasteiger partial charge in [0.25, 0.3) is 0 Å². The third-order valence-corrected chi connectivity index (χ3v) is 4.46. The monoisotopic (exact) mass is 304 g/mol. The molecule has 2 rings (SSSR count). The maximum Gasteiger partial charge on any atom is 0.0962 e. The predicted octanol–water partition coefficient (Wildman–Crippen LogP) is 3.60. The minimum atomic E-state index is 0.236. The van der Waals surface area contributed by atoms with Crippen molar-refractivity contribution < 1.29 is 9.47 Å². The van der Waals surface area contributed by atoms with E-state index < -0.39 is 0 Å². The largest absolute Gasteiger partial charge is 0.374 e. The summed E-state index contributed by atoms with van der Waals surface area (Å²) >= 11 is 5.36. The van der Waals surface area contributed by atoms with Crippen molar-refractivity contribution in [2.75, 3.05) is 6.61 Å². The standard InChI is InChI=1S/C12H17BrO2S/c1-2-5-14-12-10(13)7-11(12)15-8-9-4-3-6-16-9/h3-4,6,10-12H,2,5,7-8H2,1H3. The number of ether oxygens (including phenoxy) is 2. The molecule has 3 unspecified atom stereocenters.